The number of benzene rings is 2. The van der Waals surface area contributed by atoms with Crippen molar-refractivity contribution >= 4 is 47.7 Å². The molecule has 2 N–H and O–H groups in total. The van der Waals surface area contributed by atoms with Crippen molar-refractivity contribution in [3.05, 3.63) is 69.7 Å². The molecular formula is C20H16ClN2O3PS. The molecule has 0 spiro atoms. The molecular weight excluding hydrogens is 415 g/mol. The van der Waals surface area contributed by atoms with Gasteiger partial charge in [0.15, 0.2) is 5.76 Å². The van der Waals surface area contributed by atoms with E-state index in [-0.39, 0.29) is 33.6 Å². The van der Waals surface area contributed by atoms with Crippen molar-refractivity contribution in [3.63, 3.8) is 0 Å². The number of hydrogen-bond acceptors (Lipinski definition) is 6. The minimum absolute atomic E-state index is 0.0322. The summed E-state index contributed by atoms with van der Waals surface area (Å²) < 4.78 is 25.3. The second-order valence-corrected chi connectivity index (χ2v) is 8.94. The van der Waals surface area contributed by atoms with Crippen LogP contribution in [-0.2, 0) is 9.09 Å². The molecule has 2 aromatic carbocycles. The largest absolute Gasteiger partial charge is 0.439 e. The molecule has 0 aliphatic carbocycles. The van der Waals surface area contributed by atoms with Crippen molar-refractivity contribution < 1.29 is 13.5 Å². The number of nitrogens with two attached hydrogens (primary N) is 1. The predicted octanol–water partition coefficient (Wildman–Crippen LogP) is 5.05. The molecule has 142 valence electrons. The molecule has 0 aliphatic rings. The highest BCUT2D eigenvalue weighted by Crippen LogP contribution is 2.47. The molecule has 0 saturated carbocycles. The highest BCUT2D eigenvalue weighted by Gasteiger charge is 2.35. The van der Waals surface area contributed by atoms with E-state index in [0.29, 0.717) is 15.9 Å². The molecule has 1 atom stereocenters. The van der Waals surface area contributed by atoms with Crippen molar-refractivity contribution in [1.82, 2.24) is 0 Å². The maximum Gasteiger partial charge on any atom is 0.268 e. The molecule has 1 aromatic heterocycles. The fourth-order valence-corrected chi connectivity index (χ4v) is 5.71. The summed E-state index contributed by atoms with van der Waals surface area (Å²) in [6, 6.07) is 17.4. The van der Waals surface area contributed by atoms with E-state index < -0.39 is 7.37 Å². The predicted molar refractivity (Wildman–Crippen MR) is 114 cm³/mol. The Morgan fingerprint density at radius 3 is 2.43 bits per heavy atom. The first-order valence-corrected chi connectivity index (χ1v) is 10.8. The van der Waals surface area contributed by atoms with E-state index in [1.807, 2.05) is 6.07 Å². The van der Waals surface area contributed by atoms with Crippen molar-refractivity contribution in [1.29, 1.82) is 5.26 Å². The van der Waals surface area contributed by atoms with E-state index >= 15 is 0 Å². The first-order chi connectivity index (χ1) is 13.4. The van der Waals surface area contributed by atoms with Gasteiger partial charge in [-0.15, -0.1) is 0 Å². The van der Waals surface area contributed by atoms with Gasteiger partial charge in [0.1, 0.15) is 16.9 Å². The van der Waals surface area contributed by atoms with Gasteiger partial charge in [-0.1, -0.05) is 42.0 Å². The molecule has 5 nitrogen and oxygen atoms in total. The minimum Gasteiger partial charge on any atom is -0.439 e. The molecule has 0 fully saturated rings. The Hall–Kier alpha value is -2.42. The van der Waals surface area contributed by atoms with E-state index in [4.69, 9.17) is 38.5 Å². The Labute approximate surface area is 172 Å². The molecule has 0 bridgehead atoms. The Kier molecular flexibility index (Phi) is 6.02. The van der Waals surface area contributed by atoms with E-state index in [9.17, 15) is 9.83 Å². The number of nitrogens with zero attached hydrogens (tertiary/aromatic N) is 1. The Morgan fingerprint density at radius 2 is 1.86 bits per heavy atom. The zero-order chi connectivity index (χ0) is 20.3. The molecule has 28 heavy (non-hydrogen) atoms. The van der Waals surface area contributed by atoms with Gasteiger partial charge in [0.2, 0.25) is 5.88 Å². The molecule has 0 radical (unpaired) electrons. The fraction of sp³-hybridized carbons (Fsp3) is 0.100. The van der Waals surface area contributed by atoms with Gasteiger partial charge in [0, 0.05) is 15.9 Å². The highest BCUT2D eigenvalue weighted by molar-refractivity contribution is 7.77. The average Bonchev–Trinajstić information content (AvgIpc) is 2.69. The second kappa shape index (κ2) is 8.30. The van der Waals surface area contributed by atoms with Gasteiger partial charge in [-0.05, 0) is 43.3 Å². The van der Waals surface area contributed by atoms with Crippen LogP contribution in [0.2, 0.25) is 5.02 Å². The van der Waals surface area contributed by atoms with E-state index in [2.05, 4.69) is 0 Å². The van der Waals surface area contributed by atoms with Gasteiger partial charge >= 0.3 is 0 Å². The Balaban J connectivity index is 2.31. The van der Waals surface area contributed by atoms with E-state index in [0.717, 1.165) is 0 Å². The lowest BCUT2D eigenvalue weighted by Crippen LogP contribution is -2.23. The van der Waals surface area contributed by atoms with Crippen LogP contribution in [0, 0.1) is 15.8 Å². The van der Waals surface area contributed by atoms with E-state index in [1.54, 1.807) is 61.5 Å². The summed E-state index contributed by atoms with van der Waals surface area (Å²) in [6.07, 6.45) is 0. The summed E-state index contributed by atoms with van der Waals surface area (Å²) in [5.74, 6) is 0.0520. The van der Waals surface area contributed by atoms with Gasteiger partial charge in [0.05, 0.1) is 11.1 Å². The summed E-state index contributed by atoms with van der Waals surface area (Å²) in [6.45, 7) is 1.89. The SMILES string of the molecule is CCOP(=O)(c1ccccc1)c1c(N)oc(-c2ccc(Cl)cc2)c(C#N)c1=S. The lowest BCUT2D eigenvalue weighted by Gasteiger charge is -2.20. The third-order valence-electron chi connectivity index (χ3n) is 4.03. The summed E-state index contributed by atoms with van der Waals surface area (Å²) >= 11 is 11.4. The molecule has 1 heterocycles. The van der Waals surface area contributed by atoms with Crippen LogP contribution in [0.25, 0.3) is 11.3 Å². The lowest BCUT2D eigenvalue weighted by atomic mass is 10.1. The molecule has 0 amide bonds. The third-order valence-corrected chi connectivity index (χ3v) is 7.48. The topological polar surface area (TPSA) is 89.2 Å². The monoisotopic (exact) mass is 430 g/mol. The van der Waals surface area contributed by atoms with Crippen molar-refractivity contribution in [3.8, 4) is 17.4 Å². The molecule has 3 rings (SSSR count). The van der Waals surface area contributed by atoms with Crippen molar-refractivity contribution in [2.75, 3.05) is 12.3 Å². The number of hydrogen-bond donors (Lipinski definition) is 1. The van der Waals surface area contributed by atoms with Crippen LogP contribution in [-0.4, -0.2) is 6.61 Å². The fourth-order valence-electron chi connectivity index (χ4n) is 2.80. The van der Waals surface area contributed by atoms with Crippen LogP contribution in [0.3, 0.4) is 0 Å². The summed E-state index contributed by atoms with van der Waals surface area (Å²) in [4.78, 5) is 0. The van der Waals surface area contributed by atoms with Crippen molar-refractivity contribution in [2.24, 2.45) is 0 Å². The first-order valence-electron chi connectivity index (χ1n) is 8.35. The average molecular weight is 431 g/mol. The Morgan fingerprint density at radius 1 is 1.21 bits per heavy atom. The van der Waals surface area contributed by atoms with Gasteiger partial charge < -0.3 is 14.7 Å². The smallest absolute Gasteiger partial charge is 0.268 e. The summed E-state index contributed by atoms with van der Waals surface area (Å²) in [7, 11) is -3.65. The van der Waals surface area contributed by atoms with Crippen LogP contribution in [0.15, 0.2) is 59.0 Å². The number of rotatable bonds is 5. The second-order valence-electron chi connectivity index (χ2n) is 5.77. The number of halogens is 1. The maximum atomic E-state index is 13.9. The van der Waals surface area contributed by atoms with Gasteiger partial charge in [0.25, 0.3) is 7.37 Å². The highest BCUT2D eigenvalue weighted by atomic mass is 35.5. The van der Waals surface area contributed by atoms with Crippen LogP contribution in [0.1, 0.15) is 12.5 Å². The molecule has 8 heteroatoms. The molecule has 3 aromatic rings. The maximum absolute atomic E-state index is 13.9. The normalized spacial score (nSPS) is 12.9. The summed E-state index contributed by atoms with van der Waals surface area (Å²) in [5, 5.41) is 10.7. The molecule has 1 unspecified atom stereocenters. The van der Waals surface area contributed by atoms with Crippen LogP contribution in [0.4, 0.5) is 5.88 Å². The van der Waals surface area contributed by atoms with Gasteiger partial charge in [-0.2, -0.15) is 5.26 Å². The van der Waals surface area contributed by atoms with Gasteiger partial charge in [-0.25, -0.2) is 0 Å². The number of anilines is 1. The first kappa shape index (κ1) is 20.3. The number of nitrogen functional groups attached to an aromatic ring is 1. The van der Waals surface area contributed by atoms with Crippen molar-refractivity contribution in [2.45, 2.75) is 6.92 Å². The minimum atomic E-state index is -3.65. The standard InChI is InChI=1S/C20H16ClN2O3PS/c1-2-25-27(24,15-6-4-3-5-7-15)18-19(28)16(12-22)17(26-20(18)23)13-8-10-14(21)11-9-13/h3-11H,2,23H2,1H3. The van der Waals surface area contributed by atoms with Gasteiger partial charge in [-0.3, -0.25) is 4.57 Å². The zero-order valence-corrected chi connectivity index (χ0v) is 17.4. The van der Waals surface area contributed by atoms with Crippen LogP contribution < -0.4 is 16.3 Å². The zero-order valence-electron chi connectivity index (χ0n) is 14.9. The molecule has 0 saturated heterocycles. The number of nitriles is 1. The summed E-state index contributed by atoms with van der Waals surface area (Å²) in [5.41, 5.74) is 6.79. The Bertz CT molecular complexity index is 1160. The quantitative estimate of drug-likeness (QED) is 0.450. The molecule has 0 aliphatic heterocycles. The third kappa shape index (κ3) is 3.63. The van der Waals surface area contributed by atoms with Crippen LogP contribution >= 0.6 is 31.2 Å². The van der Waals surface area contributed by atoms with E-state index in [1.165, 1.54) is 0 Å². The lowest BCUT2D eigenvalue weighted by molar-refractivity contribution is 0.347. The van der Waals surface area contributed by atoms with Crippen LogP contribution in [0.5, 0.6) is 0 Å².